The quantitative estimate of drug-likeness (QED) is 0.190. The zero-order valence-electron chi connectivity index (χ0n) is 20.6. The van der Waals surface area contributed by atoms with Crippen molar-refractivity contribution in [1.29, 1.82) is 0 Å². The van der Waals surface area contributed by atoms with Crippen LogP contribution in [-0.4, -0.2) is 5.91 Å². The zero-order valence-corrected chi connectivity index (χ0v) is 22.2. The van der Waals surface area contributed by atoms with Crippen LogP contribution in [-0.2, 0) is 14.1 Å². The molecule has 2 heterocycles. The average molecular weight is 556 g/mol. The molecule has 5 aromatic rings. The molecule has 0 bridgehead atoms. The number of aryl methyl sites for hydroxylation is 2. The van der Waals surface area contributed by atoms with Crippen molar-refractivity contribution in [2.75, 3.05) is 21.7 Å². The Labute approximate surface area is 226 Å². The van der Waals surface area contributed by atoms with Crippen molar-refractivity contribution in [3.05, 3.63) is 109 Å². The van der Waals surface area contributed by atoms with Gasteiger partial charge < -0.3 is 38.7 Å². The van der Waals surface area contributed by atoms with Gasteiger partial charge in [0.25, 0.3) is 5.91 Å². The van der Waals surface area contributed by atoms with Gasteiger partial charge in [-0.05, 0) is 60.7 Å². The number of rotatable bonds is 6. The number of hydrogen-bond donors (Lipinski definition) is 4. The van der Waals surface area contributed by atoms with Crippen LogP contribution in [0.25, 0.3) is 10.9 Å². The van der Waals surface area contributed by atoms with Crippen LogP contribution in [0.4, 0.5) is 34.1 Å². The van der Waals surface area contributed by atoms with E-state index in [-0.39, 0.29) is 22.9 Å². The molecule has 2 aromatic heterocycles. The molecule has 3 aromatic carbocycles. The van der Waals surface area contributed by atoms with E-state index in [0.717, 1.165) is 39.3 Å². The third-order valence-corrected chi connectivity index (χ3v) is 5.99. The summed E-state index contributed by atoms with van der Waals surface area (Å²) >= 11 is 0. The molecule has 0 spiro atoms. The van der Waals surface area contributed by atoms with Gasteiger partial charge in [0.1, 0.15) is 14.1 Å². The second-order valence-electron chi connectivity index (χ2n) is 8.73. The van der Waals surface area contributed by atoms with E-state index in [9.17, 15) is 4.79 Å². The Bertz CT molecular complexity index is 1530. The molecule has 0 saturated heterocycles. The highest BCUT2D eigenvalue weighted by atomic mass is 79.9. The first kappa shape index (κ1) is 25.7. The Hall–Kier alpha value is -4.43. The monoisotopic (exact) mass is 555 g/mol. The highest BCUT2D eigenvalue weighted by Gasteiger charge is 2.11. The predicted molar refractivity (Wildman–Crippen MR) is 145 cm³/mol. The van der Waals surface area contributed by atoms with Crippen molar-refractivity contribution in [2.24, 2.45) is 14.1 Å². The number of halogens is 1. The average Bonchev–Trinajstić information content (AvgIpc) is 2.88. The summed E-state index contributed by atoms with van der Waals surface area (Å²) in [6.07, 6.45) is 5.97. The molecular formula is C29H28BrN6O+. The van der Waals surface area contributed by atoms with Crippen LogP contribution in [0, 0.1) is 0 Å². The maximum absolute atomic E-state index is 12.8. The lowest BCUT2D eigenvalue weighted by Gasteiger charge is -2.11. The molecule has 7 nitrogen and oxygen atoms in total. The molecule has 0 radical (unpaired) electrons. The number of aromatic nitrogens is 2. The number of hydrogen-bond acceptors (Lipinski definition) is 4. The Morgan fingerprint density at radius 1 is 0.703 bits per heavy atom. The topological polar surface area (TPSA) is 86.9 Å². The van der Waals surface area contributed by atoms with Crippen molar-refractivity contribution in [2.45, 2.75) is 0 Å². The Kier molecular flexibility index (Phi) is 7.69. The lowest BCUT2D eigenvalue weighted by atomic mass is 10.1. The smallest absolute Gasteiger partial charge is 0.255 e. The minimum absolute atomic E-state index is 0. The fourth-order valence-electron chi connectivity index (χ4n) is 3.99. The van der Waals surface area contributed by atoms with E-state index in [1.807, 2.05) is 122 Å². The van der Waals surface area contributed by atoms with Gasteiger partial charge in [0, 0.05) is 52.6 Å². The third-order valence-electron chi connectivity index (χ3n) is 5.99. The molecule has 0 aliphatic heterocycles. The van der Waals surface area contributed by atoms with Gasteiger partial charge in [0.15, 0.2) is 18.6 Å². The van der Waals surface area contributed by atoms with Crippen LogP contribution in [0.3, 0.4) is 0 Å². The minimum atomic E-state index is -0.164. The second kappa shape index (κ2) is 11.1. The van der Waals surface area contributed by atoms with Crippen molar-refractivity contribution in [1.82, 2.24) is 0 Å². The normalized spacial score (nSPS) is 10.4. The van der Waals surface area contributed by atoms with Crippen LogP contribution < -0.4 is 47.8 Å². The van der Waals surface area contributed by atoms with Crippen molar-refractivity contribution >= 4 is 50.9 Å². The van der Waals surface area contributed by atoms with E-state index < -0.39 is 0 Å². The van der Waals surface area contributed by atoms with E-state index in [1.54, 1.807) is 0 Å². The van der Waals surface area contributed by atoms with Crippen LogP contribution >= 0.6 is 0 Å². The maximum Gasteiger partial charge on any atom is 0.255 e. The number of fused-ring (bicyclic) bond motifs is 1. The Morgan fingerprint density at radius 3 is 2.00 bits per heavy atom. The van der Waals surface area contributed by atoms with E-state index >= 15 is 0 Å². The second-order valence-corrected chi connectivity index (χ2v) is 8.73. The molecule has 5 rings (SSSR count). The summed E-state index contributed by atoms with van der Waals surface area (Å²) in [4.78, 5) is 12.8. The molecule has 0 aliphatic carbocycles. The molecule has 0 saturated carbocycles. The standard InChI is InChI=1S/C29H26N6O.BrH/c1-34-16-13-25(14-17-34)31-22-8-10-24(11-9-22)33-29(36)20-3-6-23(7-4-20)32-27-15-18-35(2)28-12-5-21(30)19-26(27)28;/h3-19H,30H2,1-2H3,(H,33,36);1H/p+1. The summed E-state index contributed by atoms with van der Waals surface area (Å²) in [5.74, 6) is -0.164. The number of anilines is 6. The van der Waals surface area contributed by atoms with Gasteiger partial charge in [-0.3, -0.25) is 4.79 Å². The SMILES string of the molecule is C[n+]1ccc(Nc2ccc(NC(=O)c3ccc(Nc4cc[n+](C)c5ccc(N)cc45)cc3)cc2)cc1.[Br-]. The fraction of sp³-hybridized carbons (Fsp3) is 0.0690. The summed E-state index contributed by atoms with van der Waals surface area (Å²) < 4.78 is 4.03. The lowest BCUT2D eigenvalue weighted by Crippen LogP contribution is -3.00. The number of carbonyl (C=O) groups is 1. The van der Waals surface area contributed by atoms with Crippen molar-refractivity contribution in [3.8, 4) is 0 Å². The van der Waals surface area contributed by atoms with E-state index in [2.05, 4.69) is 20.5 Å². The number of nitrogens with two attached hydrogens (primary N) is 1. The molecule has 37 heavy (non-hydrogen) atoms. The molecule has 0 atom stereocenters. The number of nitrogens with one attached hydrogen (secondary N) is 3. The highest BCUT2D eigenvalue weighted by molar-refractivity contribution is 6.04. The van der Waals surface area contributed by atoms with Gasteiger partial charge in [0.05, 0.1) is 16.8 Å². The first-order valence-electron chi connectivity index (χ1n) is 11.6. The van der Waals surface area contributed by atoms with Gasteiger partial charge in [-0.15, -0.1) is 0 Å². The van der Waals surface area contributed by atoms with Crippen molar-refractivity contribution < 1.29 is 30.9 Å². The molecule has 186 valence electrons. The number of nitrogen functional groups attached to an aromatic ring is 1. The van der Waals surface area contributed by atoms with E-state index in [1.165, 1.54) is 0 Å². The molecule has 5 N–H and O–H groups in total. The van der Waals surface area contributed by atoms with Crippen LogP contribution in [0.2, 0.25) is 0 Å². The summed E-state index contributed by atoms with van der Waals surface area (Å²) in [5, 5.41) is 10.8. The lowest BCUT2D eigenvalue weighted by molar-refractivity contribution is -0.671. The number of benzene rings is 3. The van der Waals surface area contributed by atoms with E-state index in [4.69, 9.17) is 5.73 Å². The third kappa shape index (κ3) is 6.05. The van der Waals surface area contributed by atoms with Crippen LogP contribution in [0.15, 0.2) is 104 Å². The number of carbonyl (C=O) groups excluding carboxylic acids is 1. The van der Waals surface area contributed by atoms with Gasteiger partial charge in [0.2, 0.25) is 5.52 Å². The first-order chi connectivity index (χ1) is 17.4. The van der Waals surface area contributed by atoms with Gasteiger partial charge in [-0.25, -0.2) is 9.13 Å². The minimum Gasteiger partial charge on any atom is -1.00 e. The largest absolute Gasteiger partial charge is 1.00 e. The number of pyridine rings is 2. The first-order valence-corrected chi connectivity index (χ1v) is 11.6. The molecule has 1 amide bonds. The number of amides is 1. The summed E-state index contributed by atoms with van der Waals surface area (Å²) in [6.45, 7) is 0. The van der Waals surface area contributed by atoms with E-state index in [0.29, 0.717) is 11.3 Å². The molecule has 8 heteroatoms. The summed E-state index contributed by atoms with van der Waals surface area (Å²) in [7, 11) is 3.98. The van der Waals surface area contributed by atoms with Crippen LogP contribution in [0.5, 0.6) is 0 Å². The van der Waals surface area contributed by atoms with Gasteiger partial charge in [-0.1, -0.05) is 0 Å². The maximum atomic E-state index is 12.8. The molecule has 0 fully saturated rings. The zero-order chi connectivity index (χ0) is 25.1. The predicted octanol–water partition coefficient (Wildman–Crippen LogP) is 1.81. The Balaban J connectivity index is 0.00000320. The summed E-state index contributed by atoms with van der Waals surface area (Å²) in [6, 6.07) is 26.9. The highest BCUT2D eigenvalue weighted by Crippen LogP contribution is 2.26. The fourth-order valence-corrected chi connectivity index (χ4v) is 3.99. The molecular weight excluding hydrogens is 528 g/mol. The van der Waals surface area contributed by atoms with Crippen molar-refractivity contribution in [3.63, 3.8) is 0 Å². The number of nitrogens with zero attached hydrogens (tertiary/aromatic N) is 2. The van der Waals surface area contributed by atoms with Gasteiger partial charge in [-0.2, -0.15) is 0 Å². The molecule has 0 aliphatic rings. The Morgan fingerprint density at radius 2 is 1.30 bits per heavy atom. The molecule has 0 unspecified atom stereocenters. The van der Waals surface area contributed by atoms with Gasteiger partial charge >= 0.3 is 0 Å². The summed E-state index contributed by atoms with van der Waals surface area (Å²) in [5.41, 5.74) is 12.9. The van der Waals surface area contributed by atoms with Crippen LogP contribution in [0.1, 0.15) is 10.4 Å².